The van der Waals surface area contributed by atoms with Crippen molar-refractivity contribution in [3.63, 3.8) is 0 Å². The monoisotopic (exact) mass is 322 g/mol. The lowest BCUT2D eigenvalue weighted by molar-refractivity contribution is -0.150. The molecule has 1 aromatic carbocycles. The minimum Gasteiger partial charge on any atom is -0.497 e. The van der Waals surface area contributed by atoms with Gasteiger partial charge in [-0.2, -0.15) is 4.98 Å². The second-order valence-electron chi connectivity index (χ2n) is 4.38. The van der Waals surface area contributed by atoms with Crippen molar-refractivity contribution in [1.82, 2.24) is 10.1 Å². The zero-order valence-corrected chi connectivity index (χ0v) is 13.2. The number of nitrogens with zero attached hydrogens (tertiary/aromatic N) is 2. The van der Waals surface area contributed by atoms with Gasteiger partial charge in [0.05, 0.1) is 19.8 Å². The van der Waals surface area contributed by atoms with Crippen molar-refractivity contribution < 1.29 is 28.3 Å². The van der Waals surface area contributed by atoms with E-state index in [1.807, 2.05) is 0 Å². The zero-order valence-electron chi connectivity index (χ0n) is 13.2. The number of hydrogen-bond donors (Lipinski definition) is 0. The molecule has 0 spiro atoms. The van der Waals surface area contributed by atoms with E-state index in [4.69, 9.17) is 23.5 Å². The summed E-state index contributed by atoms with van der Waals surface area (Å²) in [6.07, 6.45) is 0. The first-order valence-corrected chi connectivity index (χ1v) is 6.96. The van der Waals surface area contributed by atoms with E-state index in [1.54, 1.807) is 32.2 Å². The Morgan fingerprint density at radius 3 is 2.78 bits per heavy atom. The number of ether oxygens (including phenoxy) is 4. The molecule has 0 unspecified atom stereocenters. The van der Waals surface area contributed by atoms with Gasteiger partial charge >= 0.3 is 5.97 Å². The highest BCUT2D eigenvalue weighted by molar-refractivity contribution is 5.70. The summed E-state index contributed by atoms with van der Waals surface area (Å²) in [5, 5.41) is 3.86. The SMILES string of the molecule is CCOCC(=O)OCc1nc(-c2ccc(OC)cc2OC)no1. The van der Waals surface area contributed by atoms with Crippen molar-refractivity contribution in [3.8, 4) is 22.9 Å². The van der Waals surface area contributed by atoms with Crippen molar-refractivity contribution in [2.75, 3.05) is 27.4 Å². The molecule has 1 heterocycles. The highest BCUT2D eigenvalue weighted by Crippen LogP contribution is 2.31. The van der Waals surface area contributed by atoms with Crippen molar-refractivity contribution in [1.29, 1.82) is 0 Å². The second-order valence-corrected chi connectivity index (χ2v) is 4.38. The zero-order chi connectivity index (χ0) is 16.7. The minimum atomic E-state index is -0.492. The number of rotatable bonds is 8. The molecule has 0 saturated carbocycles. The number of esters is 1. The minimum absolute atomic E-state index is 0.107. The fourth-order valence-corrected chi connectivity index (χ4v) is 1.78. The van der Waals surface area contributed by atoms with Crippen LogP contribution in [-0.2, 0) is 20.9 Å². The molecule has 0 fully saturated rings. The van der Waals surface area contributed by atoms with Crippen LogP contribution in [0, 0.1) is 0 Å². The normalized spacial score (nSPS) is 10.4. The van der Waals surface area contributed by atoms with Crippen molar-refractivity contribution >= 4 is 5.97 Å². The van der Waals surface area contributed by atoms with Gasteiger partial charge in [0.2, 0.25) is 5.82 Å². The molecule has 0 aliphatic rings. The highest BCUT2D eigenvalue weighted by Gasteiger charge is 2.15. The predicted molar refractivity (Wildman–Crippen MR) is 79.1 cm³/mol. The Morgan fingerprint density at radius 1 is 1.26 bits per heavy atom. The average Bonchev–Trinajstić information content (AvgIpc) is 3.06. The highest BCUT2D eigenvalue weighted by atomic mass is 16.6. The fraction of sp³-hybridized carbons (Fsp3) is 0.400. The van der Waals surface area contributed by atoms with Crippen molar-refractivity contribution in [3.05, 3.63) is 24.1 Å². The number of carbonyl (C=O) groups excluding carboxylic acids is 1. The molecule has 0 radical (unpaired) electrons. The number of hydrogen-bond acceptors (Lipinski definition) is 8. The molecule has 8 heteroatoms. The smallest absolute Gasteiger partial charge is 0.332 e. The molecule has 0 atom stereocenters. The summed E-state index contributed by atoms with van der Waals surface area (Å²) in [6.45, 7) is 2.01. The number of benzene rings is 1. The number of carbonyl (C=O) groups is 1. The fourth-order valence-electron chi connectivity index (χ4n) is 1.78. The Labute approximate surface area is 133 Å². The largest absolute Gasteiger partial charge is 0.497 e. The van der Waals surface area contributed by atoms with Crippen LogP contribution in [0.4, 0.5) is 0 Å². The van der Waals surface area contributed by atoms with Gasteiger partial charge in [0.1, 0.15) is 18.1 Å². The van der Waals surface area contributed by atoms with E-state index in [0.717, 1.165) is 0 Å². The van der Waals surface area contributed by atoms with Crippen LogP contribution in [0.5, 0.6) is 11.5 Å². The third-order valence-corrected chi connectivity index (χ3v) is 2.90. The summed E-state index contributed by atoms with van der Waals surface area (Å²) in [7, 11) is 3.10. The average molecular weight is 322 g/mol. The Kier molecular flexibility index (Phi) is 5.93. The van der Waals surface area contributed by atoms with Gasteiger partial charge in [-0.3, -0.25) is 0 Å². The summed E-state index contributed by atoms with van der Waals surface area (Å²) in [5.41, 5.74) is 0.643. The van der Waals surface area contributed by atoms with E-state index in [2.05, 4.69) is 10.1 Å². The maximum Gasteiger partial charge on any atom is 0.332 e. The third-order valence-electron chi connectivity index (χ3n) is 2.90. The number of aromatic nitrogens is 2. The van der Waals surface area contributed by atoms with Crippen LogP contribution < -0.4 is 9.47 Å². The number of methoxy groups -OCH3 is 2. The summed E-state index contributed by atoms with van der Waals surface area (Å²) in [6, 6.07) is 5.23. The van der Waals surface area contributed by atoms with Crippen LogP contribution in [0.3, 0.4) is 0 Å². The third kappa shape index (κ3) is 4.43. The molecule has 0 amide bonds. The van der Waals surface area contributed by atoms with Crippen LogP contribution in [0.25, 0.3) is 11.4 Å². The Bertz CT molecular complexity index is 655. The lowest BCUT2D eigenvalue weighted by Gasteiger charge is -2.07. The van der Waals surface area contributed by atoms with E-state index >= 15 is 0 Å². The molecule has 1 aromatic heterocycles. The maximum absolute atomic E-state index is 11.4. The molecule has 2 rings (SSSR count). The molecule has 0 N–H and O–H groups in total. The lowest BCUT2D eigenvalue weighted by Crippen LogP contribution is -2.12. The van der Waals surface area contributed by atoms with Gasteiger partial charge in [0.15, 0.2) is 6.61 Å². The predicted octanol–water partition coefficient (Wildman–Crippen LogP) is 1.83. The van der Waals surface area contributed by atoms with Gasteiger partial charge in [-0.05, 0) is 19.1 Å². The summed E-state index contributed by atoms with van der Waals surface area (Å²) in [5.74, 6) is 1.22. The standard InChI is InChI=1S/C15H18N2O6/c1-4-21-9-14(18)22-8-13-16-15(17-23-13)11-6-5-10(19-2)7-12(11)20-3/h5-7H,4,8-9H2,1-3H3. The van der Waals surface area contributed by atoms with Crippen molar-refractivity contribution in [2.24, 2.45) is 0 Å². The molecule has 2 aromatic rings. The molecule has 0 aliphatic carbocycles. The molecular weight excluding hydrogens is 304 g/mol. The first-order valence-electron chi connectivity index (χ1n) is 6.96. The van der Waals surface area contributed by atoms with E-state index in [1.165, 1.54) is 7.11 Å². The molecule has 23 heavy (non-hydrogen) atoms. The Morgan fingerprint density at radius 2 is 2.09 bits per heavy atom. The van der Waals surface area contributed by atoms with Gasteiger partial charge < -0.3 is 23.5 Å². The Hall–Kier alpha value is -2.61. The topological polar surface area (TPSA) is 92.9 Å². The van der Waals surface area contributed by atoms with E-state index in [0.29, 0.717) is 29.5 Å². The molecule has 8 nitrogen and oxygen atoms in total. The summed E-state index contributed by atoms with van der Waals surface area (Å²) >= 11 is 0. The Balaban J connectivity index is 2.06. The summed E-state index contributed by atoms with van der Waals surface area (Å²) < 4.78 is 25.4. The molecule has 124 valence electrons. The first-order chi connectivity index (χ1) is 11.2. The summed E-state index contributed by atoms with van der Waals surface area (Å²) in [4.78, 5) is 15.5. The van der Waals surface area contributed by atoms with Gasteiger partial charge in [-0.1, -0.05) is 5.16 Å². The second kappa shape index (κ2) is 8.14. The quantitative estimate of drug-likeness (QED) is 0.680. The molecule has 0 saturated heterocycles. The van der Waals surface area contributed by atoms with E-state index < -0.39 is 5.97 Å². The van der Waals surface area contributed by atoms with Crippen molar-refractivity contribution in [2.45, 2.75) is 13.5 Å². The van der Waals surface area contributed by atoms with Gasteiger partial charge in [-0.15, -0.1) is 0 Å². The first kappa shape index (κ1) is 16.8. The van der Waals surface area contributed by atoms with Crippen LogP contribution in [0.1, 0.15) is 12.8 Å². The van der Waals surface area contributed by atoms with Gasteiger partial charge in [0, 0.05) is 12.7 Å². The molecular formula is C15H18N2O6. The molecule has 0 bridgehead atoms. The van der Waals surface area contributed by atoms with Crippen LogP contribution in [0.2, 0.25) is 0 Å². The van der Waals surface area contributed by atoms with Crippen LogP contribution in [0.15, 0.2) is 22.7 Å². The lowest BCUT2D eigenvalue weighted by atomic mass is 10.2. The van der Waals surface area contributed by atoms with Crippen LogP contribution >= 0.6 is 0 Å². The van der Waals surface area contributed by atoms with Crippen LogP contribution in [-0.4, -0.2) is 43.5 Å². The van der Waals surface area contributed by atoms with E-state index in [-0.39, 0.29) is 19.1 Å². The van der Waals surface area contributed by atoms with Gasteiger partial charge in [-0.25, -0.2) is 4.79 Å². The molecule has 0 aliphatic heterocycles. The van der Waals surface area contributed by atoms with Gasteiger partial charge in [0.25, 0.3) is 5.89 Å². The maximum atomic E-state index is 11.4. The van der Waals surface area contributed by atoms with E-state index in [9.17, 15) is 4.79 Å².